The molecule has 0 spiro atoms. The molecule has 0 aliphatic rings. The molecular weight excluding hydrogens is 176 g/mol. The topological polar surface area (TPSA) is 9.23 Å². The summed E-state index contributed by atoms with van der Waals surface area (Å²) in [5.41, 5.74) is 1.26. The number of para-hydroxylation sites is 1. The Hall–Kier alpha value is -0.763. The number of hydrogen-bond donors (Lipinski definition) is 0. The van der Waals surface area contributed by atoms with Gasteiger partial charge in [-0.05, 0) is 24.6 Å². The molecule has 1 rings (SSSR count). The molecule has 72 valence electrons. The van der Waals surface area contributed by atoms with Crippen LogP contribution in [0.5, 0.6) is 5.75 Å². The first-order chi connectivity index (χ1) is 6.34. The van der Waals surface area contributed by atoms with Crippen molar-refractivity contribution in [1.82, 2.24) is 0 Å². The fourth-order valence-corrected chi connectivity index (χ4v) is 2.64. The molecule has 0 saturated heterocycles. The second kappa shape index (κ2) is 5.81. The molecule has 0 atom stereocenters. The van der Waals surface area contributed by atoms with Gasteiger partial charge in [0, 0.05) is 0 Å². The first-order valence-corrected chi connectivity index (χ1v) is 6.60. The van der Waals surface area contributed by atoms with Crippen molar-refractivity contribution in [3.05, 3.63) is 29.8 Å². The average Bonchev–Trinajstić information content (AvgIpc) is 2.15. The van der Waals surface area contributed by atoms with Crippen molar-refractivity contribution >= 4 is 9.76 Å². The summed E-state index contributed by atoms with van der Waals surface area (Å²) >= 11 is 0. The molecular formula is C11H18OSi. The van der Waals surface area contributed by atoms with Crippen molar-refractivity contribution in [1.29, 1.82) is 0 Å². The highest BCUT2D eigenvalue weighted by molar-refractivity contribution is 6.28. The molecule has 0 radical (unpaired) electrons. The number of benzene rings is 1. The molecule has 0 bridgehead atoms. The summed E-state index contributed by atoms with van der Waals surface area (Å²) < 4.78 is 5.78. The van der Waals surface area contributed by atoms with Gasteiger partial charge in [0.1, 0.15) is 5.75 Å². The van der Waals surface area contributed by atoms with Crippen LogP contribution < -0.4 is 4.43 Å². The third-order valence-electron chi connectivity index (χ3n) is 2.10. The predicted octanol–water partition coefficient (Wildman–Crippen LogP) is 2.68. The third-order valence-corrected chi connectivity index (χ3v) is 3.40. The Bertz CT molecular complexity index is 248. The van der Waals surface area contributed by atoms with E-state index >= 15 is 0 Å². The van der Waals surface area contributed by atoms with Crippen molar-refractivity contribution in [3.63, 3.8) is 0 Å². The van der Waals surface area contributed by atoms with E-state index in [0.717, 1.165) is 5.75 Å². The predicted molar refractivity (Wildman–Crippen MR) is 60.1 cm³/mol. The summed E-state index contributed by atoms with van der Waals surface area (Å²) in [6.45, 7) is 4.33. The van der Waals surface area contributed by atoms with E-state index in [4.69, 9.17) is 4.43 Å². The Labute approximate surface area is 83.1 Å². The minimum atomic E-state index is -0.319. The molecule has 0 aliphatic carbocycles. The Kier molecular flexibility index (Phi) is 4.61. The lowest BCUT2D eigenvalue weighted by molar-refractivity contribution is 0.582. The van der Waals surface area contributed by atoms with Gasteiger partial charge >= 0.3 is 0 Å². The molecule has 0 amide bonds. The molecule has 0 fully saturated rings. The lowest BCUT2D eigenvalue weighted by Gasteiger charge is -2.07. The molecule has 13 heavy (non-hydrogen) atoms. The normalized spacial score (nSPS) is 10.9. The minimum absolute atomic E-state index is 0.319. The van der Waals surface area contributed by atoms with Crippen LogP contribution >= 0.6 is 0 Å². The average molecular weight is 194 g/mol. The number of rotatable bonds is 5. The molecule has 0 saturated carbocycles. The van der Waals surface area contributed by atoms with Crippen molar-refractivity contribution < 1.29 is 4.43 Å². The molecule has 0 N–H and O–H groups in total. The molecule has 0 heterocycles. The Morgan fingerprint density at radius 3 is 2.77 bits per heavy atom. The molecule has 0 unspecified atom stereocenters. The summed E-state index contributed by atoms with van der Waals surface area (Å²) in [7, 11) is -0.319. The van der Waals surface area contributed by atoms with E-state index in [9.17, 15) is 0 Å². The first-order valence-electron chi connectivity index (χ1n) is 5.03. The summed E-state index contributed by atoms with van der Waals surface area (Å²) in [4.78, 5) is 0. The van der Waals surface area contributed by atoms with Gasteiger partial charge in [-0.2, -0.15) is 0 Å². The fraction of sp³-hybridized carbons (Fsp3) is 0.455. The second-order valence-electron chi connectivity index (χ2n) is 3.32. The number of aryl methyl sites for hydroxylation is 1. The van der Waals surface area contributed by atoms with Crippen molar-refractivity contribution in [2.75, 3.05) is 0 Å². The van der Waals surface area contributed by atoms with Gasteiger partial charge in [-0.1, -0.05) is 38.0 Å². The smallest absolute Gasteiger partial charge is 0.219 e. The fourth-order valence-electron chi connectivity index (χ4n) is 1.25. The van der Waals surface area contributed by atoms with Gasteiger partial charge in [0.25, 0.3) is 0 Å². The van der Waals surface area contributed by atoms with Crippen LogP contribution in [-0.2, 0) is 0 Å². The van der Waals surface area contributed by atoms with Gasteiger partial charge in [0.2, 0.25) is 9.76 Å². The summed E-state index contributed by atoms with van der Waals surface area (Å²) in [6.07, 6.45) is 2.60. The minimum Gasteiger partial charge on any atom is -0.549 e. The molecule has 0 aromatic heterocycles. The van der Waals surface area contributed by atoms with Gasteiger partial charge in [-0.3, -0.25) is 0 Å². The Morgan fingerprint density at radius 1 is 1.31 bits per heavy atom. The van der Waals surface area contributed by atoms with Crippen LogP contribution in [0.25, 0.3) is 0 Å². The monoisotopic (exact) mass is 194 g/mol. The second-order valence-corrected chi connectivity index (χ2v) is 4.73. The van der Waals surface area contributed by atoms with E-state index in [-0.39, 0.29) is 9.76 Å². The zero-order valence-electron chi connectivity index (χ0n) is 8.55. The van der Waals surface area contributed by atoms with Gasteiger partial charge in [-0.25, -0.2) is 0 Å². The standard InChI is InChI=1S/C11H18OSi/c1-3-4-9-13-12-11-8-6-5-7-10(11)2/h5-8H,3-4,9,13H2,1-2H3. The summed E-state index contributed by atoms with van der Waals surface area (Å²) in [6, 6.07) is 9.55. The maximum atomic E-state index is 5.78. The lowest BCUT2D eigenvalue weighted by atomic mass is 10.2. The quantitative estimate of drug-likeness (QED) is 0.517. The highest BCUT2D eigenvalue weighted by atomic mass is 28.2. The molecule has 1 aromatic rings. The van der Waals surface area contributed by atoms with Gasteiger partial charge < -0.3 is 4.43 Å². The highest BCUT2D eigenvalue weighted by Gasteiger charge is 1.96. The van der Waals surface area contributed by atoms with E-state index in [1.807, 2.05) is 6.07 Å². The molecule has 2 heteroatoms. The van der Waals surface area contributed by atoms with Crippen LogP contribution in [-0.4, -0.2) is 9.76 Å². The van der Waals surface area contributed by atoms with Crippen molar-refractivity contribution in [3.8, 4) is 5.75 Å². The molecule has 1 nitrogen and oxygen atoms in total. The van der Waals surface area contributed by atoms with E-state index in [1.54, 1.807) is 0 Å². The van der Waals surface area contributed by atoms with Gasteiger partial charge in [0.05, 0.1) is 0 Å². The molecule has 0 aliphatic heterocycles. The van der Waals surface area contributed by atoms with Crippen LogP contribution in [0.15, 0.2) is 24.3 Å². The van der Waals surface area contributed by atoms with Gasteiger partial charge in [0.15, 0.2) is 0 Å². The maximum Gasteiger partial charge on any atom is 0.219 e. The number of unbranched alkanes of at least 4 members (excludes halogenated alkanes) is 1. The van der Waals surface area contributed by atoms with E-state index in [0.29, 0.717) is 0 Å². The van der Waals surface area contributed by atoms with E-state index in [2.05, 4.69) is 32.0 Å². The zero-order chi connectivity index (χ0) is 9.52. The van der Waals surface area contributed by atoms with E-state index < -0.39 is 0 Å². The number of hydrogen-bond acceptors (Lipinski definition) is 1. The van der Waals surface area contributed by atoms with Crippen LogP contribution in [0, 0.1) is 6.92 Å². The SMILES string of the molecule is CCCC[SiH2]Oc1ccccc1C. The van der Waals surface area contributed by atoms with Crippen molar-refractivity contribution in [2.45, 2.75) is 32.7 Å². The molecule has 1 aromatic carbocycles. The van der Waals surface area contributed by atoms with E-state index in [1.165, 1.54) is 24.4 Å². The summed E-state index contributed by atoms with van der Waals surface area (Å²) in [5, 5.41) is 0. The zero-order valence-corrected chi connectivity index (χ0v) is 9.96. The van der Waals surface area contributed by atoms with Gasteiger partial charge in [-0.15, -0.1) is 0 Å². The van der Waals surface area contributed by atoms with Crippen LogP contribution in [0.2, 0.25) is 6.04 Å². The first kappa shape index (κ1) is 10.3. The van der Waals surface area contributed by atoms with Crippen LogP contribution in [0.4, 0.5) is 0 Å². The lowest BCUT2D eigenvalue weighted by Crippen LogP contribution is -2.02. The third kappa shape index (κ3) is 3.64. The largest absolute Gasteiger partial charge is 0.549 e. The Balaban J connectivity index is 2.32. The summed E-state index contributed by atoms with van der Waals surface area (Å²) in [5.74, 6) is 1.09. The Morgan fingerprint density at radius 2 is 2.08 bits per heavy atom. The van der Waals surface area contributed by atoms with Crippen LogP contribution in [0.1, 0.15) is 25.3 Å². The highest BCUT2D eigenvalue weighted by Crippen LogP contribution is 2.15. The maximum absolute atomic E-state index is 5.78. The van der Waals surface area contributed by atoms with Crippen molar-refractivity contribution in [2.24, 2.45) is 0 Å². The van der Waals surface area contributed by atoms with Crippen LogP contribution in [0.3, 0.4) is 0 Å².